The minimum absolute atomic E-state index is 0.112. The molecular formula is C12H16Cl2N4O. The first-order valence-corrected chi connectivity index (χ1v) is 7.07. The van der Waals surface area contributed by atoms with E-state index in [1.807, 2.05) is 0 Å². The first-order valence-electron chi connectivity index (χ1n) is 6.32. The molecule has 1 aromatic heterocycles. The summed E-state index contributed by atoms with van der Waals surface area (Å²) in [6, 6.07) is -0.112. The van der Waals surface area contributed by atoms with Crippen LogP contribution in [0.4, 0.5) is 5.82 Å². The molecule has 1 aliphatic carbocycles. The van der Waals surface area contributed by atoms with Crippen LogP contribution in [-0.4, -0.2) is 21.9 Å². The van der Waals surface area contributed by atoms with Gasteiger partial charge in [0.15, 0.2) is 11.0 Å². The zero-order valence-corrected chi connectivity index (χ0v) is 11.9. The number of aromatic nitrogens is 2. The predicted molar refractivity (Wildman–Crippen MR) is 75.2 cm³/mol. The molecule has 5 nitrogen and oxygen atoms in total. The number of carbonyl (C=O) groups is 1. The first-order chi connectivity index (χ1) is 9.09. The van der Waals surface area contributed by atoms with E-state index in [1.54, 1.807) is 0 Å². The average molecular weight is 303 g/mol. The van der Waals surface area contributed by atoms with Gasteiger partial charge in [-0.3, -0.25) is 4.79 Å². The van der Waals surface area contributed by atoms with Crippen LogP contribution in [0.3, 0.4) is 0 Å². The fourth-order valence-corrected chi connectivity index (χ4v) is 2.58. The maximum atomic E-state index is 12.2. The maximum absolute atomic E-state index is 12.2. The van der Waals surface area contributed by atoms with Gasteiger partial charge in [-0.1, -0.05) is 42.5 Å². The molecular weight excluding hydrogens is 287 g/mol. The zero-order valence-electron chi connectivity index (χ0n) is 10.4. The first kappa shape index (κ1) is 14.5. The molecule has 104 valence electrons. The van der Waals surface area contributed by atoms with Crippen LogP contribution in [0.15, 0.2) is 6.33 Å². The van der Waals surface area contributed by atoms with Gasteiger partial charge in [0.1, 0.15) is 11.3 Å². The molecule has 2 atom stereocenters. The number of hydrogen-bond acceptors (Lipinski definition) is 4. The monoisotopic (exact) mass is 302 g/mol. The van der Waals surface area contributed by atoms with Crippen LogP contribution in [-0.2, 0) is 4.79 Å². The number of rotatable bonds is 2. The molecule has 1 saturated carbocycles. The van der Waals surface area contributed by atoms with E-state index in [2.05, 4.69) is 15.3 Å². The average Bonchev–Trinajstić information content (AvgIpc) is 2.59. The molecule has 1 aliphatic rings. The van der Waals surface area contributed by atoms with E-state index in [1.165, 1.54) is 6.33 Å². The largest absolute Gasteiger partial charge is 0.327 e. The molecule has 19 heavy (non-hydrogen) atoms. The van der Waals surface area contributed by atoms with Crippen molar-refractivity contribution >= 4 is 34.9 Å². The highest BCUT2D eigenvalue weighted by Crippen LogP contribution is 2.28. The van der Waals surface area contributed by atoms with Crippen molar-refractivity contribution in [2.75, 3.05) is 5.32 Å². The summed E-state index contributed by atoms with van der Waals surface area (Å²) >= 11 is 11.7. The van der Waals surface area contributed by atoms with Crippen LogP contribution >= 0.6 is 23.2 Å². The quantitative estimate of drug-likeness (QED) is 0.650. The Balaban J connectivity index is 2.09. The van der Waals surface area contributed by atoms with Gasteiger partial charge in [0.2, 0.25) is 5.91 Å². The van der Waals surface area contributed by atoms with Gasteiger partial charge in [-0.2, -0.15) is 0 Å². The molecule has 2 rings (SSSR count). The lowest BCUT2D eigenvalue weighted by atomic mass is 9.94. The Morgan fingerprint density at radius 2 is 2.00 bits per heavy atom. The van der Waals surface area contributed by atoms with Crippen LogP contribution in [0.2, 0.25) is 10.2 Å². The Labute approximate surface area is 121 Å². The number of carbonyl (C=O) groups excluding carboxylic acids is 1. The van der Waals surface area contributed by atoms with Gasteiger partial charge in [0.05, 0.1) is 5.92 Å². The Kier molecular flexibility index (Phi) is 4.96. The number of hydrogen-bond donors (Lipinski definition) is 2. The summed E-state index contributed by atoms with van der Waals surface area (Å²) < 4.78 is 0. The lowest BCUT2D eigenvalue weighted by Gasteiger charge is -2.20. The molecule has 0 aliphatic heterocycles. The van der Waals surface area contributed by atoms with Gasteiger partial charge in [0, 0.05) is 6.04 Å². The number of halogens is 2. The van der Waals surface area contributed by atoms with E-state index in [9.17, 15) is 4.79 Å². The van der Waals surface area contributed by atoms with Gasteiger partial charge in [0.25, 0.3) is 0 Å². The lowest BCUT2D eigenvalue weighted by molar-refractivity contribution is -0.120. The molecule has 0 spiro atoms. The Bertz CT molecular complexity index is 469. The number of amides is 1. The minimum Gasteiger partial charge on any atom is -0.327 e. The summed E-state index contributed by atoms with van der Waals surface area (Å²) in [6.07, 6.45) is 6.14. The van der Waals surface area contributed by atoms with Gasteiger partial charge in [-0.15, -0.1) is 0 Å². The summed E-state index contributed by atoms with van der Waals surface area (Å²) in [5.41, 5.74) is 6.05. The molecule has 1 amide bonds. The second-order valence-electron chi connectivity index (χ2n) is 4.72. The van der Waals surface area contributed by atoms with Gasteiger partial charge < -0.3 is 11.1 Å². The SMILES string of the molecule is NC1CCCCCC1C(=O)Nc1ncnc(Cl)c1Cl. The Hall–Kier alpha value is -0.910. The fraction of sp³-hybridized carbons (Fsp3) is 0.583. The summed E-state index contributed by atoms with van der Waals surface area (Å²) in [5.74, 6) is -0.110. The topological polar surface area (TPSA) is 80.9 Å². The van der Waals surface area contributed by atoms with Gasteiger partial charge in [-0.25, -0.2) is 9.97 Å². The minimum atomic E-state index is -0.202. The lowest BCUT2D eigenvalue weighted by Crippen LogP contribution is -2.38. The van der Waals surface area contributed by atoms with Crippen molar-refractivity contribution in [1.29, 1.82) is 0 Å². The number of nitrogens with two attached hydrogens (primary N) is 1. The highest BCUT2D eigenvalue weighted by atomic mass is 35.5. The van der Waals surface area contributed by atoms with Crippen LogP contribution in [0, 0.1) is 5.92 Å². The number of anilines is 1. The van der Waals surface area contributed by atoms with E-state index < -0.39 is 0 Å². The molecule has 7 heteroatoms. The van der Waals surface area contributed by atoms with E-state index >= 15 is 0 Å². The molecule has 0 radical (unpaired) electrons. The third-order valence-electron chi connectivity index (χ3n) is 3.39. The number of nitrogens with one attached hydrogen (secondary N) is 1. The van der Waals surface area contributed by atoms with E-state index in [0.29, 0.717) is 0 Å². The van der Waals surface area contributed by atoms with Crippen LogP contribution in [0.1, 0.15) is 32.1 Å². The molecule has 3 N–H and O–H groups in total. The third-order valence-corrected chi connectivity index (χ3v) is 4.14. The standard InChI is InChI=1S/C12H16Cl2N4O/c13-9-10(14)16-6-17-11(9)18-12(19)7-4-2-1-3-5-8(7)15/h6-8H,1-5,15H2,(H,16,17,18,19). The Morgan fingerprint density at radius 1 is 1.26 bits per heavy atom. The zero-order chi connectivity index (χ0) is 13.8. The normalized spacial score (nSPS) is 23.7. The molecule has 0 bridgehead atoms. The summed E-state index contributed by atoms with van der Waals surface area (Å²) in [4.78, 5) is 19.9. The Morgan fingerprint density at radius 3 is 2.79 bits per heavy atom. The summed E-state index contributed by atoms with van der Waals surface area (Å²) in [7, 11) is 0. The second kappa shape index (κ2) is 6.50. The van der Waals surface area contributed by atoms with Crippen LogP contribution < -0.4 is 11.1 Å². The fourth-order valence-electron chi connectivity index (χ4n) is 2.31. The summed E-state index contributed by atoms with van der Waals surface area (Å²) in [6.45, 7) is 0. The molecule has 1 heterocycles. The van der Waals surface area contributed by atoms with Crippen molar-refractivity contribution in [2.45, 2.75) is 38.1 Å². The van der Waals surface area contributed by atoms with E-state index in [-0.39, 0.29) is 33.9 Å². The van der Waals surface area contributed by atoms with Gasteiger partial charge in [-0.05, 0) is 12.8 Å². The van der Waals surface area contributed by atoms with Crippen LogP contribution in [0.25, 0.3) is 0 Å². The molecule has 1 aromatic rings. The van der Waals surface area contributed by atoms with Crippen LogP contribution in [0.5, 0.6) is 0 Å². The predicted octanol–water partition coefficient (Wildman–Crippen LogP) is 2.63. The third kappa shape index (κ3) is 3.55. The highest BCUT2D eigenvalue weighted by Gasteiger charge is 2.27. The second-order valence-corrected chi connectivity index (χ2v) is 5.46. The van der Waals surface area contributed by atoms with E-state index in [0.717, 1.165) is 32.1 Å². The van der Waals surface area contributed by atoms with Crippen molar-refractivity contribution in [3.63, 3.8) is 0 Å². The summed E-state index contributed by atoms with van der Waals surface area (Å²) in [5, 5.41) is 2.97. The van der Waals surface area contributed by atoms with Crippen molar-refractivity contribution in [3.8, 4) is 0 Å². The van der Waals surface area contributed by atoms with Crippen molar-refractivity contribution < 1.29 is 4.79 Å². The van der Waals surface area contributed by atoms with Crippen molar-refractivity contribution in [1.82, 2.24) is 9.97 Å². The molecule has 0 saturated heterocycles. The van der Waals surface area contributed by atoms with Crippen molar-refractivity contribution in [2.24, 2.45) is 11.7 Å². The van der Waals surface area contributed by atoms with E-state index in [4.69, 9.17) is 28.9 Å². The molecule has 2 unspecified atom stereocenters. The number of nitrogens with zero attached hydrogens (tertiary/aromatic N) is 2. The maximum Gasteiger partial charge on any atom is 0.230 e. The molecule has 1 fully saturated rings. The van der Waals surface area contributed by atoms with Crippen molar-refractivity contribution in [3.05, 3.63) is 16.5 Å². The molecule has 0 aromatic carbocycles. The van der Waals surface area contributed by atoms with Gasteiger partial charge >= 0.3 is 0 Å². The smallest absolute Gasteiger partial charge is 0.230 e. The highest BCUT2D eigenvalue weighted by molar-refractivity contribution is 6.42.